The van der Waals surface area contributed by atoms with Crippen LogP contribution in [0.1, 0.15) is 18.4 Å². The molecule has 3 heteroatoms. The molecular formula is C15H19NO2. The molecule has 0 radical (unpaired) electrons. The highest BCUT2D eigenvalue weighted by molar-refractivity contribution is 5.82. The monoisotopic (exact) mass is 245 g/mol. The third kappa shape index (κ3) is 2.47. The highest BCUT2D eigenvalue weighted by atomic mass is 16.5. The molecule has 1 aromatic carbocycles. The lowest BCUT2D eigenvalue weighted by molar-refractivity contribution is -0.143. The molecule has 0 N–H and O–H groups in total. The molecule has 0 aliphatic carbocycles. The molecule has 2 aliphatic heterocycles. The van der Waals surface area contributed by atoms with E-state index in [4.69, 9.17) is 4.74 Å². The Balaban J connectivity index is 1.64. The van der Waals surface area contributed by atoms with E-state index in [0.717, 1.165) is 26.1 Å². The average Bonchev–Trinajstić information content (AvgIpc) is 2.41. The van der Waals surface area contributed by atoms with Crippen molar-refractivity contribution >= 4 is 5.78 Å². The van der Waals surface area contributed by atoms with Gasteiger partial charge in [0.05, 0.1) is 18.6 Å². The molecule has 2 atom stereocenters. The van der Waals surface area contributed by atoms with Gasteiger partial charge in [-0.15, -0.1) is 0 Å². The van der Waals surface area contributed by atoms with Crippen LogP contribution in [0.15, 0.2) is 30.3 Å². The van der Waals surface area contributed by atoms with Crippen LogP contribution in [-0.2, 0) is 16.1 Å². The first-order valence-electron chi connectivity index (χ1n) is 6.73. The van der Waals surface area contributed by atoms with Gasteiger partial charge in [0.2, 0.25) is 0 Å². The molecule has 0 amide bonds. The summed E-state index contributed by atoms with van der Waals surface area (Å²) in [4.78, 5) is 14.3. The van der Waals surface area contributed by atoms with E-state index in [9.17, 15) is 4.79 Å². The summed E-state index contributed by atoms with van der Waals surface area (Å²) in [6.07, 6.45) is 1.77. The van der Waals surface area contributed by atoms with E-state index >= 15 is 0 Å². The van der Waals surface area contributed by atoms with Crippen molar-refractivity contribution < 1.29 is 9.53 Å². The fraction of sp³-hybridized carbons (Fsp3) is 0.533. The predicted octanol–water partition coefficient (Wildman–Crippen LogP) is 1.87. The summed E-state index contributed by atoms with van der Waals surface area (Å²) in [5.74, 6) is 0.500. The second kappa shape index (κ2) is 5.21. The van der Waals surface area contributed by atoms with Crippen LogP contribution in [0.2, 0.25) is 0 Å². The number of nitrogens with zero attached hydrogens (tertiary/aromatic N) is 1. The molecule has 3 nitrogen and oxygen atoms in total. The third-order valence-electron chi connectivity index (χ3n) is 3.98. The molecule has 0 unspecified atom stereocenters. The van der Waals surface area contributed by atoms with Crippen LogP contribution in [0.3, 0.4) is 0 Å². The van der Waals surface area contributed by atoms with Gasteiger partial charge in [0.1, 0.15) is 5.78 Å². The first-order chi connectivity index (χ1) is 8.83. The number of ketones is 1. The van der Waals surface area contributed by atoms with Crippen molar-refractivity contribution in [1.29, 1.82) is 0 Å². The number of hydrogen-bond donors (Lipinski definition) is 0. The van der Waals surface area contributed by atoms with E-state index in [1.165, 1.54) is 5.56 Å². The number of Topliss-reactive ketones (excluding diaryl/α,β-unsaturated/α-hetero) is 1. The predicted molar refractivity (Wildman–Crippen MR) is 69.2 cm³/mol. The maximum absolute atomic E-state index is 11.9. The summed E-state index contributed by atoms with van der Waals surface area (Å²) < 4.78 is 5.70. The Kier molecular flexibility index (Phi) is 3.43. The van der Waals surface area contributed by atoms with Crippen molar-refractivity contribution in [3.63, 3.8) is 0 Å². The zero-order valence-corrected chi connectivity index (χ0v) is 10.5. The molecule has 96 valence electrons. The van der Waals surface area contributed by atoms with Crippen LogP contribution in [0.25, 0.3) is 0 Å². The molecule has 18 heavy (non-hydrogen) atoms. The number of carbonyl (C=O) groups is 1. The van der Waals surface area contributed by atoms with E-state index < -0.39 is 0 Å². The fourth-order valence-electron chi connectivity index (χ4n) is 2.99. The lowest BCUT2D eigenvalue weighted by atomic mass is 9.87. The molecule has 2 aliphatic rings. The molecule has 1 aromatic rings. The number of benzene rings is 1. The highest BCUT2D eigenvalue weighted by Gasteiger charge is 2.37. The van der Waals surface area contributed by atoms with Gasteiger partial charge in [-0.2, -0.15) is 0 Å². The van der Waals surface area contributed by atoms with Gasteiger partial charge in [0.25, 0.3) is 0 Å². The second-order valence-corrected chi connectivity index (χ2v) is 5.24. The van der Waals surface area contributed by atoms with Gasteiger partial charge < -0.3 is 4.74 Å². The van der Waals surface area contributed by atoms with E-state index in [2.05, 4.69) is 29.2 Å². The minimum absolute atomic E-state index is 0.108. The maximum Gasteiger partial charge on any atom is 0.142 e. The van der Waals surface area contributed by atoms with Crippen molar-refractivity contribution in [1.82, 2.24) is 4.90 Å². The smallest absolute Gasteiger partial charge is 0.142 e. The van der Waals surface area contributed by atoms with Gasteiger partial charge in [-0.3, -0.25) is 9.69 Å². The summed E-state index contributed by atoms with van der Waals surface area (Å²) in [5, 5.41) is 0. The maximum atomic E-state index is 11.9. The summed E-state index contributed by atoms with van der Waals surface area (Å²) in [7, 11) is 0. The summed E-state index contributed by atoms with van der Waals surface area (Å²) >= 11 is 0. The average molecular weight is 245 g/mol. The zero-order chi connectivity index (χ0) is 12.4. The van der Waals surface area contributed by atoms with Crippen molar-refractivity contribution in [3.05, 3.63) is 35.9 Å². The zero-order valence-electron chi connectivity index (χ0n) is 10.5. The molecule has 2 saturated heterocycles. The molecule has 0 aromatic heterocycles. The Hall–Kier alpha value is -1.19. The van der Waals surface area contributed by atoms with Gasteiger partial charge in [-0.25, -0.2) is 0 Å². The normalized spacial score (nSPS) is 29.0. The molecule has 0 spiro atoms. The van der Waals surface area contributed by atoms with E-state index in [1.807, 2.05) is 6.07 Å². The van der Waals surface area contributed by atoms with Gasteiger partial charge in [-0.1, -0.05) is 30.3 Å². The van der Waals surface area contributed by atoms with Gasteiger partial charge in [-0.05, 0) is 12.0 Å². The Morgan fingerprint density at radius 3 is 2.94 bits per heavy atom. The molecule has 2 heterocycles. The van der Waals surface area contributed by atoms with Gasteiger partial charge in [0, 0.05) is 26.1 Å². The van der Waals surface area contributed by atoms with Crippen LogP contribution in [-0.4, -0.2) is 36.5 Å². The van der Waals surface area contributed by atoms with E-state index in [1.54, 1.807) is 0 Å². The second-order valence-electron chi connectivity index (χ2n) is 5.24. The van der Waals surface area contributed by atoms with Gasteiger partial charge in [0.15, 0.2) is 0 Å². The first-order valence-corrected chi connectivity index (χ1v) is 6.73. The quantitative estimate of drug-likeness (QED) is 0.796. The summed E-state index contributed by atoms with van der Waals surface area (Å²) in [6, 6.07) is 10.5. The lowest BCUT2D eigenvalue weighted by Crippen LogP contribution is -2.49. The Bertz CT molecular complexity index is 418. The third-order valence-corrected chi connectivity index (χ3v) is 3.98. The standard InChI is InChI=1S/C15H19NO2/c17-14-7-9-18-15-6-8-16(11-13(14)15)10-12-4-2-1-3-5-12/h1-5,13,15H,6-11H2/t13-,15+/m1/s1. The van der Waals surface area contributed by atoms with Crippen LogP contribution in [0.4, 0.5) is 0 Å². The number of rotatable bonds is 2. The van der Waals surface area contributed by atoms with E-state index in [-0.39, 0.29) is 12.0 Å². The van der Waals surface area contributed by atoms with Crippen LogP contribution < -0.4 is 0 Å². The number of likely N-dealkylation sites (tertiary alicyclic amines) is 1. The topological polar surface area (TPSA) is 29.5 Å². The van der Waals surface area contributed by atoms with Crippen LogP contribution >= 0.6 is 0 Å². The minimum Gasteiger partial charge on any atom is -0.377 e. The van der Waals surface area contributed by atoms with Crippen molar-refractivity contribution in [2.45, 2.75) is 25.5 Å². The fourth-order valence-corrected chi connectivity index (χ4v) is 2.99. The van der Waals surface area contributed by atoms with Crippen molar-refractivity contribution in [2.75, 3.05) is 19.7 Å². The molecule has 0 saturated carbocycles. The largest absolute Gasteiger partial charge is 0.377 e. The molecule has 2 fully saturated rings. The summed E-state index contributed by atoms with van der Waals surface area (Å²) in [5.41, 5.74) is 1.32. The van der Waals surface area contributed by atoms with Crippen LogP contribution in [0, 0.1) is 5.92 Å². The Labute approximate surface area is 108 Å². The molecule has 3 rings (SSSR count). The number of carbonyl (C=O) groups excluding carboxylic acids is 1. The Morgan fingerprint density at radius 2 is 2.11 bits per heavy atom. The summed E-state index contributed by atoms with van der Waals surface area (Å²) in [6.45, 7) is 3.46. The van der Waals surface area contributed by atoms with Crippen LogP contribution in [0.5, 0.6) is 0 Å². The van der Waals surface area contributed by atoms with Gasteiger partial charge >= 0.3 is 0 Å². The lowest BCUT2D eigenvalue weighted by Gasteiger charge is -2.40. The Morgan fingerprint density at radius 1 is 1.28 bits per heavy atom. The number of fused-ring (bicyclic) bond motifs is 1. The van der Waals surface area contributed by atoms with Crippen molar-refractivity contribution in [3.8, 4) is 0 Å². The number of ether oxygens (including phenoxy) is 1. The van der Waals surface area contributed by atoms with Crippen molar-refractivity contribution in [2.24, 2.45) is 5.92 Å². The SMILES string of the molecule is O=C1CCO[C@H]2CCN(Cc3ccccc3)C[C@H]12. The first kappa shape index (κ1) is 11.9. The number of hydrogen-bond acceptors (Lipinski definition) is 3. The molecular weight excluding hydrogens is 226 g/mol. The minimum atomic E-state index is 0.108. The number of piperidine rings is 1. The van der Waals surface area contributed by atoms with E-state index in [0.29, 0.717) is 18.8 Å². The highest BCUT2D eigenvalue weighted by Crippen LogP contribution is 2.26. The molecule has 0 bridgehead atoms.